The van der Waals surface area contributed by atoms with Gasteiger partial charge in [0.1, 0.15) is 0 Å². The Hall–Kier alpha value is -1.12. The molecule has 0 fully saturated rings. The Morgan fingerprint density at radius 3 is 1.81 bits per heavy atom. The number of halogens is 2. The van der Waals surface area contributed by atoms with E-state index >= 15 is 0 Å². The Kier molecular flexibility index (Phi) is 7.52. The molecule has 0 aliphatic heterocycles. The maximum Gasteiger partial charge on any atom is 0.414 e. The minimum absolute atomic E-state index is 1.01. The van der Waals surface area contributed by atoms with Crippen LogP contribution in [-0.4, -0.2) is 22.2 Å². The number of rotatable bonds is 2. The fraction of sp³-hybridized carbons (Fsp3) is 0. The summed E-state index contributed by atoms with van der Waals surface area (Å²) >= 11 is 6.37. The average Bonchev–Trinajstić information content (AvgIpc) is 2.22. The predicted molar refractivity (Wildman–Crippen MR) is 65.1 cm³/mol. The van der Waals surface area contributed by atoms with Gasteiger partial charge in [0.2, 0.25) is 0 Å². The van der Waals surface area contributed by atoms with Gasteiger partial charge in [0, 0.05) is 26.3 Å². The molecule has 0 saturated heterocycles. The number of aliphatic carboxylic acids is 2. The van der Waals surface area contributed by atoms with Gasteiger partial charge in [-0.3, -0.25) is 0 Å². The second-order valence-electron chi connectivity index (χ2n) is 2.34. The normalized spacial score (nSPS) is 8.62. The number of hydrazine groups is 1. The van der Waals surface area contributed by atoms with Gasteiger partial charge in [0.15, 0.2) is 0 Å². The van der Waals surface area contributed by atoms with Crippen LogP contribution in [0.4, 0.5) is 5.69 Å². The van der Waals surface area contributed by atoms with Gasteiger partial charge in [-0.05, 0) is 24.3 Å². The van der Waals surface area contributed by atoms with Gasteiger partial charge in [-0.25, -0.2) is 9.59 Å². The van der Waals surface area contributed by atoms with Crippen molar-refractivity contribution in [3.05, 3.63) is 28.7 Å². The molecule has 0 spiro atoms. The number of carboxylic acids is 2. The van der Waals surface area contributed by atoms with Crippen LogP contribution in [0.25, 0.3) is 0 Å². The molecule has 0 unspecified atom stereocenters. The highest BCUT2D eigenvalue weighted by Crippen LogP contribution is 2.13. The number of nitrogens with one attached hydrogen (secondary N) is 2. The lowest BCUT2D eigenvalue weighted by Crippen LogP contribution is -2.09. The first-order valence-corrected chi connectivity index (χ1v) is 5.39. The third kappa shape index (κ3) is 7.21. The van der Waals surface area contributed by atoms with E-state index in [4.69, 9.17) is 19.8 Å². The summed E-state index contributed by atoms with van der Waals surface area (Å²) in [6.07, 6.45) is 0. The summed E-state index contributed by atoms with van der Waals surface area (Å²) in [4.78, 5) is 18.2. The number of hydrogen-bond donors (Lipinski definition) is 4. The third-order valence-corrected chi connectivity index (χ3v) is 1.95. The van der Waals surface area contributed by atoms with Crippen molar-refractivity contribution in [3.8, 4) is 0 Å². The molecule has 0 radical (unpaired) electrons. The standard InChI is InChI=1S/C6H6Br2N2.C2H2O4/c7-5-1-3-6(4-2-5)9-10-8;3-1(4)2(5)6/h1-4,9-10H;(H,3,4)(H,5,6). The molecule has 0 saturated carbocycles. The lowest BCUT2D eigenvalue weighted by molar-refractivity contribution is -0.159. The molecular weight excluding hydrogens is 348 g/mol. The lowest BCUT2D eigenvalue weighted by Gasteiger charge is -2.00. The minimum atomic E-state index is -1.82. The molecule has 0 amide bonds. The molecule has 6 nitrogen and oxygen atoms in total. The Bertz CT molecular complexity index is 344. The van der Waals surface area contributed by atoms with E-state index < -0.39 is 11.9 Å². The summed E-state index contributed by atoms with van der Waals surface area (Å²) in [6, 6.07) is 7.84. The van der Waals surface area contributed by atoms with Crippen molar-refractivity contribution >= 4 is 49.7 Å². The highest BCUT2D eigenvalue weighted by Gasteiger charge is 2.04. The third-order valence-electron chi connectivity index (χ3n) is 1.22. The van der Waals surface area contributed by atoms with Gasteiger partial charge in [-0.15, -0.1) is 0 Å². The molecule has 8 heteroatoms. The van der Waals surface area contributed by atoms with Crippen molar-refractivity contribution in [1.82, 2.24) is 4.45 Å². The molecule has 1 aromatic carbocycles. The molecule has 0 bridgehead atoms. The molecule has 1 rings (SSSR count). The van der Waals surface area contributed by atoms with Crippen molar-refractivity contribution < 1.29 is 19.8 Å². The van der Waals surface area contributed by atoms with Crippen LogP contribution >= 0.6 is 32.1 Å². The van der Waals surface area contributed by atoms with Gasteiger partial charge in [-0.2, -0.15) is 4.45 Å². The molecule has 4 N–H and O–H groups in total. The summed E-state index contributed by atoms with van der Waals surface area (Å²) in [6.45, 7) is 0. The van der Waals surface area contributed by atoms with Crippen LogP contribution < -0.4 is 9.88 Å². The zero-order valence-corrected chi connectivity index (χ0v) is 10.9. The van der Waals surface area contributed by atoms with Gasteiger partial charge < -0.3 is 15.6 Å². The number of anilines is 1. The second kappa shape index (κ2) is 8.08. The predicted octanol–water partition coefficient (Wildman–Crippen LogP) is 1.83. The fourth-order valence-electron chi connectivity index (χ4n) is 0.588. The van der Waals surface area contributed by atoms with Gasteiger partial charge >= 0.3 is 11.9 Å². The number of carbonyl (C=O) groups is 2. The first-order valence-electron chi connectivity index (χ1n) is 3.80. The number of hydrogen-bond acceptors (Lipinski definition) is 4. The molecule has 0 aromatic heterocycles. The van der Waals surface area contributed by atoms with Crippen LogP contribution in [0.5, 0.6) is 0 Å². The van der Waals surface area contributed by atoms with Crippen molar-refractivity contribution in [1.29, 1.82) is 0 Å². The number of benzene rings is 1. The van der Waals surface area contributed by atoms with Gasteiger partial charge in [-0.1, -0.05) is 15.9 Å². The van der Waals surface area contributed by atoms with E-state index in [-0.39, 0.29) is 0 Å². The van der Waals surface area contributed by atoms with Crippen LogP contribution in [0, 0.1) is 0 Å². The molecule has 0 aliphatic carbocycles. The Labute approximate surface area is 108 Å². The maximum absolute atomic E-state index is 9.10. The average molecular weight is 356 g/mol. The highest BCUT2D eigenvalue weighted by atomic mass is 79.9. The van der Waals surface area contributed by atoms with Crippen LogP contribution in [0.3, 0.4) is 0 Å². The zero-order chi connectivity index (χ0) is 12.6. The molecular formula is C8H8Br2N2O4. The molecule has 1 aromatic rings. The summed E-state index contributed by atoms with van der Waals surface area (Å²) in [7, 11) is 0. The van der Waals surface area contributed by atoms with E-state index in [1.165, 1.54) is 0 Å². The summed E-state index contributed by atoms with van der Waals surface area (Å²) in [5.74, 6) is -3.65. The lowest BCUT2D eigenvalue weighted by atomic mass is 10.3. The van der Waals surface area contributed by atoms with E-state index in [2.05, 4.69) is 42.0 Å². The maximum atomic E-state index is 9.10. The van der Waals surface area contributed by atoms with Crippen molar-refractivity contribution in [3.63, 3.8) is 0 Å². The first-order chi connectivity index (χ1) is 7.47. The monoisotopic (exact) mass is 354 g/mol. The highest BCUT2D eigenvalue weighted by molar-refractivity contribution is 9.10. The smallest absolute Gasteiger partial charge is 0.414 e. The van der Waals surface area contributed by atoms with Crippen LogP contribution in [-0.2, 0) is 9.59 Å². The summed E-state index contributed by atoms with van der Waals surface area (Å²) in [5.41, 5.74) is 3.89. The minimum Gasteiger partial charge on any atom is -0.473 e. The van der Waals surface area contributed by atoms with E-state index in [1.54, 1.807) is 0 Å². The molecule has 88 valence electrons. The number of carboxylic acid groups (broad SMARTS) is 2. The van der Waals surface area contributed by atoms with Crippen LogP contribution in [0.1, 0.15) is 0 Å². The van der Waals surface area contributed by atoms with E-state index in [9.17, 15) is 0 Å². The molecule has 0 heterocycles. The van der Waals surface area contributed by atoms with Gasteiger partial charge in [0.05, 0.1) is 0 Å². The van der Waals surface area contributed by atoms with Crippen molar-refractivity contribution in [2.75, 3.05) is 5.43 Å². The zero-order valence-electron chi connectivity index (χ0n) is 7.78. The molecule has 0 atom stereocenters. The Morgan fingerprint density at radius 1 is 1.06 bits per heavy atom. The van der Waals surface area contributed by atoms with E-state index in [0.29, 0.717) is 0 Å². The Balaban J connectivity index is 0.000000325. The molecule has 0 aliphatic rings. The van der Waals surface area contributed by atoms with E-state index in [1.807, 2.05) is 24.3 Å². The van der Waals surface area contributed by atoms with E-state index in [0.717, 1.165) is 10.2 Å². The summed E-state index contributed by atoms with van der Waals surface area (Å²) < 4.78 is 3.73. The molecule has 16 heavy (non-hydrogen) atoms. The first kappa shape index (κ1) is 14.9. The quantitative estimate of drug-likeness (QED) is 0.367. The van der Waals surface area contributed by atoms with Crippen LogP contribution in [0.15, 0.2) is 28.7 Å². The largest absolute Gasteiger partial charge is 0.473 e. The summed E-state index contributed by atoms with van der Waals surface area (Å²) in [5, 5.41) is 14.8. The van der Waals surface area contributed by atoms with Crippen molar-refractivity contribution in [2.45, 2.75) is 0 Å². The van der Waals surface area contributed by atoms with Gasteiger partial charge in [0.25, 0.3) is 0 Å². The van der Waals surface area contributed by atoms with Crippen LogP contribution in [0.2, 0.25) is 0 Å². The Morgan fingerprint density at radius 2 is 1.50 bits per heavy atom. The fourth-order valence-corrected chi connectivity index (χ4v) is 1.08. The second-order valence-corrected chi connectivity index (χ2v) is 3.65. The topological polar surface area (TPSA) is 98.7 Å². The SMILES string of the molecule is BrNNc1ccc(Br)cc1.O=C(O)C(=O)O. The van der Waals surface area contributed by atoms with Crippen molar-refractivity contribution in [2.24, 2.45) is 0 Å².